The molecule has 4 heteroatoms. The van der Waals surface area contributed by atoms with Crippen LogP contribution in [0.25, 0.3) is 0 Å². The van der Waals surface area contributed by atoms with Gasteiger partial charge in [-0.05, 0) is 36.9 Å². The van der Waals surface area contributed by atoms with Gasteiger partial charge in [0.15, 0.2) is 8.32 Å². The molecule has 0 amide bonds. The van der Waals surface area contributed by atoms with Gasteiger partial charge in [-0.3, -0.25) is 0 Å². The van der Waals surface area contributed by atoms with Crippen molar-refractivity contribution in [3.05, 3.63) is 0 Å². The molecule has 0 saturated heterocycles. The van der Waals surface area contributed by atoms with E-state index < -0.39 is 14.4 Å². The first-order valence-electron chi connectivity index (χ1n) is 11.5. The summed E-state index contributed by atoms with van der Waals surface area (Å²) in [5.74, 6) is 6.44. The van der Waals surface area contributed by atoms with E-state index in [0.717, 1.165) is 12.8 Å². The monoisotopic (exact) mass is 412 g/mol. The molecule has 0 aliphatic heterocycles. The molecule has 0 aliphatic carbocycles. The Kier molecular flexibility index (Phi) is 14.4. The molecule has 0 aliphatic rings. The Balaban J connectivity index is 4.22. The van der Waals surface area contributed by atoms with Crippen LogP contribution in [0.2, 0.25) is 18.1 Å². The lowest BCUT2D eigenvalue weighted by Gasteiger charge is -2.42. The lowest BCUT2D eigenvalue weighted by atomic mass is 9.99. The smallest absolute Gasteiger partial charge is 0.192 e. The number of aliphatic hydroxyl groups excluding tert-OH is 2. The third-order valence-corrected chi connectivity index (χ3v) is 11.3. The van der Waals surface area contributed by atoms with Gasteiger partial charge in [0.25, 0.3) is 0 Å². The molecular weight excluding hydrogens is 364 g/mol. The van der Waals surface area contributed by atoms with Crippen molar-refractivity contribution >= 4 is 8.32 Å². The molecule has 2 N–H and O–H groups in total. The lowest BCUT2D eigenvalue weighted by Crippen LogP contribution is -2.45. The second kappa shape index (κ2) is 14.6. The van der Waals surface area contributed by atoms with Gasteiger partial charge in [0.2, 0.25) is 0 Å². The predicted octanol–water partition coefficient (Wildman–Crippen LogP) is 6.15. The van der Waals surface area contributed by atoms with Crippen molar-refractivity contribution in [2.75, 3.05) is 13.2 Å². The minimum absolute atomic E-state index is 0.0938. The fraction of sp³-hybridized carbons (Fsp3) is 0.917. The molecule has 0 heterocycles. The van der Waals surface area contributed by atoms with Crippen LogP contribution in [0.5, 0.6) is 0 Å². The summed E-state index contributed by atoms with van der Waals surface area (Å²) >= 11 is 0. The molecule has 2 atom stereocenters. The van der Waals surface area contributed by atoms with Gasteiger partial charge in [-0.25, -0.2) is 0 Å². The average molecular weight is 413 g/mol. The van der Waals surface area contributed by atoms with Gasteiger partial charge < -0.3 is 14.6 Å². The van der Waals surface area contributed by atoms with E-state index in [1.807, 2.05) is 0 Å². The Morgan fingerprint density at radius 1 is 1.00 bits per heavy atom. The number of hydrogen-bond acceptors (Lipinski definition) is 3. The zero-order chi connectivity index (χ0) is 21.6. The molecule has 0 spiro atoms. The zero-order valence-corrected chi connectivity index (χ0v) is 20.8. The molecule has 0 saturated carbocycles. The molecule has 0 radical (unpaired) electrons. The Hall–Kier alpha value is -0.343. The number of hydrogen-bond donors (Lipinski definition) is 2. The summed E-state index contributed by atoms with van der Waals surface area (Å²) in [5.41, 5.74) is 0. The molecule has 0 unspecified atom stereocenters. The van der Waals surface area contributed by atoms with Crippen molar-refractivity contribution in [1.82, 2.24) is 0 Å². The van der Waals surface area contributed by atoms with Crippen LogP contribution in [0.3, 0.4) is 0 Å². The highest BCUT2D eigenvalue weighted by Crippen LogP contribution is 2.44. The van der Waals surface area contributed by atoms with Gasteiger partial charge in [0.1, 0.15) is 0 Å². The topological polar surface area (TPSA) is 49.7 Å². The number of unbranched alkanes of at least 4 members (excludes halogenated alkanes) is 7. The predicted molar refractivity (Wildman–Crippen MR) is 124 cm³/mol. The molecule has 0 rings (SSSR count). The Labute approximate surface area is 176 Å². The van der Waals surface area contributed by atoms with E-state index in [1.165, 1.54) is 38.5 Å². The van der Waals surface area contributed by atoms with Crippen LogP contribution in [-0.2, 0) is 4.43 Å². The highest BCUT2D eigenvalue weighted by molar-refractivity contribution is 6.74. The maximum absolute atomic E-state index is 10.4. The maximum atomic E-state index is 10.4. The van der Waals surface area contributed by atoms with Gasteiger partial charge in [-0.2, -0.15) is 0 Å². The van der Waals surface area contributed by atoms with Crippen molar-refractivity contribution in [2.24, 2.45) is 11.8 Å². The fourth-order valence-corrected chi connectivity index (χ4v) is 5.55. The van der Waals surface area contributed by atoms with E-state index in [0.29, 0.717) is 18.9 Å². The molecular formula is C24H48O3Si. The SMILES string of the molecule is CCCCCCCCCC#C[C@@H](CO)[C@H](O)CCO[Si](C)(C)C(C)(C)C(C)C. The van der Waals surface area contributed by atoms with Gasteiger partial charge in [-0.15, -0.1) is 5.92 Å². The summed E-state index contributed by atoms with van der Waals surface area (Å²) in [6.45, 7) is 16.2. The zero-order valence-electron chi connectivity index (χ0n) is 19.8. The minimum Gasteiger partial charge on any atom is -0.417 e. The van der Waals surface area contributed by atoms with E-state index in [-0.39, 0.29) is 17.6 Å². The molecule has 166 valence electrons. The second-order valence-electron chi connectivity index (χ2n) is 9.57. The summed E-state index contributed by atoms with van der Waals surface area (Å²) in [5, 5.41) is 20.2. The lowest BCUT2D eigenvalue weighted by molar-refractivity contribution is 0.0737. The molecule has 0 fully saturated rings. The van der Waals surface area contributed by atoms with E-state index in [4.69, 9.17) is 4.43 Å². The van der Waals surface area contributed by atoms with Gasteiger partial charge >= 0.3 is 0 Å². The first-order chi connectivity index (χ1) is 13.1. The molecule has 0 bridgehead atoms. The summed E-state index contributed by atoms with van der Waals surface area (Å²) in [4.78, 5) is 0. The Bertz CT molecular complexity index is 449. The van der Waals surface area contributed by atoms with Crippen LogP contribution < -0.4 is 0 Å². The quantitative estimate of drug-likeness (QED) is 0.193. The van der Waals surface area contributed by atoms with Gasteiger partial charge in [-0.1, -0.05) is 79.1 Å². The summed E-state index contributed by atoms with van der Waals surface area (Å²) in [6.07, 6.45) is 9.69. The van der Waals surface area contributed by atoms with Crippen LogP contribution in [0.15, 0.2) is 0 Å². The highest BCUT2D eigenvalue weighted by atomic mass is 28.4. The normalized spacial score (nSPS) is 14.6. The summed E-state index contributed by atoms with van der Waals surface area (Å²) in [7, 11) is -1.87. The van der Waals surface area contributed by atoms with Gasteiger partial charge in [0.05, 0.1) is 18.6 Å². The highest BCUT2D eigenvalue weighted by Gasteiger charge is 2.43. The molecule has 28 heavy (non-hydrogen) atoms. The summed E-state index contributed by atoms with van der Waals surface area (Å²) in [6, 6.07) is 0. The first-order valence-corrected chi connectivity index (χ1v) is 14.4. The third-order valence-electron chi connectivity index (χ3n) is 6.73. The maximum Gasteiger partial charge on any atom is 0.192 e. The Morgan fingerprint density at radius 3 is 2.11 bits per heavy atom. The van der Waals surface area contributed by atoms with Crippen LogP contribution in [0, 0.1) is 23.7 Å². The van der Waals surface area contributed by atoms with E-state index in [9.17, 15) is 10.2 Å². The average Bonchev–Trinajstić information content (AvgIpc) is 2.62. The van der Waals surface area contributed by atoms with E-state index in [1.54, 1.807) is 0 Å². The van der Waals surface area contributed by atoms with Crippen LogP contribution in [0.4, 0.5) is 0 Å². The van der Waals surface area contributed by atoms with Crippen molar-refractivity contribution in [3.63, 3.8) is 0 Å². The van der Waals surface area contributed by atoms with Crippen LogP contribution in [0.1, 0.15) is 92.4 Å². The third kappa shape index (κ3) is 10.4. The Morgan fingerprint density at radius 2 is 1.57 bits per heavy atom. The number of aliphatic hydroxyl groups is 2. The van der Waals surface area contributed by atoms with Crippen LogP contribution >= 0.6 is 0 Å². The van der Waals surface area contributed by atoms with E-state index in [2.05, 4.69) is 59.6 Å². The number of rotatable bonds is 15. The standard InChI is InChI=1S/C24H48O3Si/c1-8-9-10-11-12-13-14-15-16-17-22(20-25)23(26)18-19-27-28(6,7)24(4,5)21(2)3/h21-23,25-26H,8-15,18-20H2,1-7H3/t22-,23+/m0/s1. The van der Waals surface area contributed by atoms with Gasteiger partial charge in [0, 0.05) is 13.0 Å². The fourth-order valence-electron chi connectivity index (χ4n) is 3.15. The van der Waals surface area contributed by atoms with Crippen molar-refractivity contribution in [1.29, 1.82) is 0 Å². The van der Waals surface area contributed by atoms with Crippen molar-refractivity contribution < 1.29 is 14.6 Å². The molecule has 0 aromatic carbocycles. The van der Waals surface area contributed by atoms with Crippen molar-refractivity contribution in [2.45, 2.75) is 117 Å². The largest absolute Gasteiger partial charge is 0.417 e. The van der Waals surface area contributed by atoms with Crippen molar-refractivity contribution in [3.8, 4) is 11.8 Å². The second-order valence-corrected chi connectivity index (χ2v) is 14.2. The summed E-state index contributed by atoms with van der Waals surface area (Å²) < 4.78 is 6.27. The minimum atomic E-state index is -1.87. The molecule has 0 aromatic rings. The van der Waals surface area contributed by atoms with Crippen LogP contribution in [-0.4, -0.2) is 37.8 Å². The molecule has 3 nitrogen and oxygen atoms in total. The molecule has 0 aromatic heterocycles. The van der Waals surface area contributed by atoms with E-state index >= 15 is 0 Å². The first kappa shape index (κ1) is 27.7.